The molecule has 1 fully saturated rings. The fraction of sp³-hybridized carbons (Fsp3) is 0.269. The van der Waals surface area contributed by atoms with Crippen LogP contribution in [0.5, 0.6) is 11.5 Å². The van der Waals surface area contributed by atoms with Crippen LogP contribution in [0.15, 0.2) is 71.6 Å². The van der Waals surface area contributed by atoms with Crippen molar-refractivity contribution in [1.29, 1.82) is 5.26 Å². The summed E-state index contributed by atoms with van der Waals surface area (Å²) in [6.45, 7) is 3.91. The molecule has 1 saturated heterocycles. The molecule has 0 N–H and O–H groups in total. The van der Waals surface area contributed by atoms with Gasteiger partial charge in [-0.05, 0) is 60.9 Å². The molecule has 8 nitrogen and oxygen atoms in total. The Balaban J connectivity index is 1.56. The Morgan fingerprint density at radius 1 is 0.833 bits per heavy atom. The summed E-state index contributed by atoms with van der Waals surface area (Å²) in [5.74, 6) is 0.460. The first-order chi connectivity index (χ1) is 17.1. The van der Waals surface area contributed by atoms with Crippen molar-refractivity contribution in [2.24, 2.45) is 0 Å². The number of nitriles is 1. The van der Waals surface area contributed by atoms with Gasteiger partial charge < -0.3 is 4.74 Å². The largest absolute Gasteiger partial charge is 0.456 e. The summed E-state index contributed by atoms with van der Waals surface area (Å²) in [6, 6.07) is 20.7. The molecule has 1 heterocycles. The minimum absolute atomic E-state index is 0.00384. The van der Waals surface area contributed by atoms with E-state index in [1.54, 1.807) is 36.4 Å². The van der Waals surface area contributed by atoms with Gasteiger partial charge in [0.1, 0.15) is 16.4 Å². The number of hydrogen-bond donors (Lipinski definition) is 0. The molecule has 4 rings (SSSR count). The number of nitrogens with zero attached hydrogens (tertiary/aromatic N) is 3. The van der Waals surface area contributed by atoms with Crippen molar-refractivity contribution < 1.29 is 21.6 Å². The molecule has 0 saturated carbocycles. The zero-order valence-corrected chi connectivity index (χ0v) is 21.7. The molecule has 0 bridgehead atoms. The second-order valence-corrected chi connectivity index (χ2v) is 12.6. The first-order valence-corrected chi connectivity index (χ1v) is 14.5. The lowest BCUT2D eigenvalue weighted by molar-refractivity contribution is 0.272. The summed E-state index contributed by atoms with van der Waals surface area (Å²) < 4.78 is 61.5. The summed E-state index contributed by atoms with van der Waals surface area (Å²) in [5.41, 5.74) is 2.80. The highest BCUT2D eigenvalue weighted by atomic mass is 32.2. The fourth-order valence-corrected chi connectivity index (χ4v) is 7.26. The van der Waals surface area contributed by atoms with E-state index in [-0.39, 0.29) is 48.1 Å². The van der Waals surface area contributed by atoms with Crippen LogP contribution in [0, 0.1) is 25.2 Å². The fourth-order valence-electron chi connectivity index (χ4n) is 4.19. The van der Waals surface area contributed by atoms with Crippen molar-refractivity contribution in [3.8, 4) is 17.6 Å². The van der Waals surface area contributed by atoms with Crippen molar-refractivity contribution in [2.45, 2.75) is 24.5 Å². The molecule has 36 heavy (non-hydrogen) atoms. The molecular weight excluding hydrogens is 498 g/mol. The molecule has 0 aliphatic carbocycles. The Labute approximate surface area is 212 Å². The maximum absolute atomic E-state index is 13.6. The van der Waals surface area contributed by atoms with E-state index in [4.69, 9.17) is 4.74 Å². The lowest BCUT2D eigenvalue weighted by atomic mass is 10.1. The van der Waals surface area contributed by atoms with Gasteiger partial charge in [0.2, 0.25) is 20.0 Å². The van der Waals surface area contributed by atoms with Crippen molar-refractivity contribution in [1.82, 2.24) is 8.61 Å². The first-order valence-electron chi connectivity index (χ1n) is 11.4. The SMILES string of the molecule is Cc1cc(C)cc(Oc2ccc(C#N)cc2S(=O)(=O)N2CCN(S(=O)(=O)Cc3ccccc3)CC2)c1. The van der Waals surface area contributed by atoms with Gasteiger partial charge in [0.05, 0.1) is 17.4 Å². The average molecular weight is 526 g/mol. The standard InChI is InChI=1S/C26H27N3O5S2/c1-20-14-21(2)16-24(15-20)34-25-9-8-23(18-27)17-26(25)36(32,33)29-12-10-28(11-13-29)35(30,31)19-22-6-4-3-5-7-22/h3-9,14-17H,10-13,19H2,1-2H3. The third kappa shape index (κ3) is 5.77. The monoisotopic (exact) mass is 525 g/mol. The van der Waals surface area contributed by atoms with E-state index in [0.717, 1.165) is 11.1 Å². The molecular formula is C26H27N3O5S2. The maximum Gasteiger partial charge on any atom is 0.246 e. The van der Waals surface area contributed by atoms with Crippen LogP contribution in [0.25, 0.3) is 0 Å². The highest BCUT2D eigenvalue weighted by Gasteiger charge is 2.34. The molecule has 3 aromatic carbocycles. The molecule has 0 unspecified atom stereocenters. The number of benzene rings is 3. The van der Waals surface area contributed by atoms with E-state index in [9.17, 15) is 22.1 Å². The summed E-state index contributed by atoms with van der Waals surface area (Å²) in [6.07, 6.45) is 0. The molecule has 188 valence electrons. The normalized spacial score (nSPS) is 15.4. The molecule has 0 radical (unpaired) electrons. The van der Waals surface area contributed by atoms with Gasteiger partial charge in [-0.2, -0.15) is 13.9 Å². The van der Waals surface area contributed by atoms with Crippen LogP contribution in [0.3, 0.4) is 0 Å². The number of hydrogen-bond acceptors (Lipinski definition) is 6. The minimum atomic E-state index is -4.06. The van der Waals surface area contributed by atoms with E-state index >= 15 is 0 Å². The van der Waals surface area contributed by atoms with E-state index in [2.05, 4.69) is 0 Å². The lowest BCUT2D eigenvalue weighted by Crippen LogP contribution is -2.50. The van der Waals surface area contributed by atoms with E-state index in [1.807, 2.05) is 32.0 Å². The van der Waals surface area contributed by atoms with Crippen molar-refractivity contribution >= 4 is 20.0 Å². The molecule has 10 heteroatoms. The van der Waals surface area contributed by atoms with Crippen molar-refractivity contribution in [3.63, 3.8) is 0 Å². The van der Waals surface area contributed by atoms with Crippen LogP contribution in [-0.4, -0.2) is 51.6 Å². The number of ether oxygens (including phenoxy) is 1. The Morgan fingerprint density at radius 3 is 2.06 bits per heavy atom. The summed E-state index contributed by atoms with van der Waals surface area (Å²) >= 11 is 0. The number of piperazine rings is 1. The molecule has 0 spiro atoms. The van der Waals surface area contributed by atoms with Crippen LogP contribution >= 0.6 is 0 Å². The van der Waals surface area contributed by atoms with Crippen LogP contribution in [0.1, 0.15) is 22.3 Å². The number of rotatable bonds is 7. The van der Waals surface area contributed by atoms with Gasteiger partial charge in [0.15, 0.2) is 0 Å². The third-order valence-electron chi connectivity index (χ3n) is 5.90. The van der Waals surface area contributed by atoms with Gasteiger partial charge in [-0.1, -0.05) is 36.4 Å². The highest BCUT2D eigenvalue weighted by Crippen LogP contribution is 2.33. The molecule has 0 amide bonds. The Bertz CT molecular complexity index is 1490. The smallest absolute Gasteiger partial charge is 0.246 e. The molecule has 1 aliphatic rings. The van der Waals surface area contributed by atoms with E-state index in [1.165, 1.54) is 26.8 Å². The zero-order valence-electron chi connectivity index (χ0n) is 20.1. The Kier molecular flexibility index (Phi) is 7.47. The number of aryl methyl sites for hydroxylation is 2. The molecule has 3 aromatic rings. The maximum atomic E-state index is 13.6. The highest BCUT2D eigenvalue weighted by molar-refractivity contribution is 7.89. The first kappa shape index (κ1) is 25.9. The summed E-state index contributed by atoms with van der Waals surface area (Å²) in [7, 11) is -7.65. The van der Waals surface area contributed by atoms with Gasteiger partial charge in [0, 0.05) is 26.2 Å². The van der Waals surface area contributed by atoms with Gasteiger partial charge in [-0.3, -0.25) is 0 Å². The summed E-state index contributed by atoms with van der Waals surface area (Å²) in [4.78, 5) is -0.124. The van der Waals surface area contributed by atoms with Crippen molar-refractivity contribution in [3.05, 3.63) is 89.0 Å². The van der Waals surface area contributed by atoms with Crippen molar-refractivity contribution in [2.75, 3.05) is 26.2 Å². The lowest BCUT2D eigenvalue weighted by Gasteiger charge is -2.33. The van der Waals surface area contributed by atoms with E-state index < -0.39 is 20.0 Å². The predicted molar refractivity (Wildman–Crippen MR) is 137 cm³/mol. The van der Waals surface area contributed by atoms with Crippen LogP contribution < -0.4 is 4.74 Å². The second-order valence-electron chi connectivity index (χ2n) is 8.74. The predicted octanol–water partition coefficient (Wildman–Crippen LogP) is 3.80. The molecule has 0 aromatic heterocycles. The van der Waals surface area contributed by atoms with Crippen LogP contribution in [0.4, 0.5) is 0 Å². The molecule has 1 aliphatic heterocycles. The summed E-state index contributed by atoms with van der Waals surface area (Å²) in [5, 5.41) is 9.36. The Hall–Kier alpha value is -3.23. The van der Waals surface area contributed by atoms with Crippen LogP contribution in [-0.2, 0) is 25.8 Å². The molecule has 0 atom stereocenters. The minimum Gasteiger partial charge on any atom is -0.456 e. The van der Waals surface area contributed by atoms with E-state index in [0.29, 0.717) is 11.3 Å². The van der Waals surface area contributed by atoms with Gasteiger partial charge in [-0.25, -0.2) is 16.8 Å². The topological polar surface area (TPSA) is 108 Å². The van der Waals surface area contributed by atoms with Crippen LogP contribution in [0.2, 0.25) is 0 Å². The zero-order chi connectivity index (χ0) is 25.9. The average Bonchev–Trinajstić information content (AvgIpc) is 2.84. The van der Waals surface area contributed by atoms with Gasteiger partial charge >= 0.3 is 0 Å². The third-order valence-corrected chi connectivity index (χ3v) is 9.67. The number of sulfonamides is 2. The second kappa shape index (κ2) is 10.4. The Morgan fingerprint density at radius 2 is 1.44 bits per heavy atom. The van der Waals surface area contributed by atoms with Gasteiger partial charge in [-0.15, -0.1) is 0 Å². The quantitative estimate of drug-likeness (QED) is 0.464. The van der Waals surface area contributed by atoms with Gasteiger partial charge in [0.25, 0.3) is 0 Å².